The summed E-state index contributed by atoms with van der Waals surface area (Å²) < 4.78 is 10.6. The lowest BCUT2D eigenvalue weighted by atomic mass is 10.1. The standard InChI is InChI=1S/C20H23NO3/c1-23-16-8-9-19(24-2)15(12-16)10-11-21-20(22)18-13-17(18)14-6-4-3-5-7-14/h3-9,12,17-18H,10-11,13H2,1-2H3,(H,21,22). The van der Waals surface area contributed by atoms with Crippen molar-refractivity contribution in [1.82, 2.24) is 5.32 Å². The molecule has 2 unspecified atom stereocenters. The molecule has 0 heterocycles. The molecule has 1 aliphatic rings. The van der Waals surface area contributed by atoms with Gasteiger partial charge >= 0.3 is 0 Å². The van der Waals surface area contributed by atoms with E-state index in [0.29, 0.717) is 12.5 Å². The van der Waals surface area contributed by atoms with Crippen LogP contribution in [-0.4, -0.2) is 26.7 Å². The van der Waals surface area contributed by atoms with E-state index in [1.165, 1.54) is 5.56 Å². The van der Waals surface area contributed by atoms with Crippen LogP contribution in [-0.2, 0) is 11.2 Å². The zero-order chi connectivity index (χ0) is 16.9. The molecule has 1 aliphatic carbocycles. The minimum absolute atomic E-state index is 0.111. The normalized spacial score (nSPS) is 18.8. The molecule has 126 valence electrons. The molecule has 0 aliphatic heterocycles. The molecule has 0 radical (unpaired) electrons. The van der Waals surface area contributed by atoms with E-state index >= 15 is 0 Å². The number of carbonyl (C=O) groups excluding carboxylic acids is 1. The molecule has 4 nitrogen and oxygen atoms in total. The molecule has 2 atom stereocenters. The van der Waals surface area contributed by atoms with Crippen LogP contribution >= 0.6 is 0 Å². The molecule has 0 bridgehead atoms. The van der Waals surface area contributed by atoms with Crippen molar-refractivity contribution in [1.29, 1.82) is 0 Å². The van der Waals surface area contributed by atoms with Crippen LogP contribution in [0, 0.1) is 5.92 Å². The lowest BCUT2D eigenvalue weighted by Gasteiger charge is -2.11. The third-order valence-electron chi connectivity index (χ3n) is 4.54. The van der Waals surface area contributed by atoms with Gasteiger partial charge in [-0.25, -0.2) is 0 Å². The zero-order valence-electron chi connectivity index (χ0n) is 14.1. The Bertz CT molecular complexity index is 699. The number of hydrogen-bond donors (Lipinski definition) is 1. The minimum Gasteiger partial charge on any atom is -0.497 e. The fraction of sp³-hybridized carbons (Fsp3) is 0.350. The van der Waals surface area contributed by atoms with Crippen LogP contribution in [0.2, 0.25) is 0 Å². The second-order valence-electron chi connectivity index (χ2n) is 6.08. The maximum Gasteiger partial charge on any atom is 0.223 e. The summed E-state index contributed by atoms with van der Waals surface area (Å²) in [7, 11) is 3.29. The van der Waals surface area contributed by atoms with Gasteiger partial charge in [0, 0.05) is 12.5 Å². The summed E-state index contributed by atoms with van der Waals surface area (Å²) in [6.07, 6.45) is 1.66. The average Bonchev–Trinajstić information content (AvgIpc) is 3.43. The molecule has 1 fully saturated rings. The van der Waals surface area contributed by atoms with E-state index in [1.807, 2.05) is 36.4 Å². The minimum atomic E-state index is 0.111. The SMILES string of the molecule is COc1ccc(OC)c(CCNC(=O)C2CC2c2ccccc2)c1. The Balaban J connectivity index is 1.51. The Morgan fingerprint density at radius 2 is 1.92 bits per heavy atom. The van der Waals surface area contributed by atoms with Gasteiger partial charge in [-0.05, 0) is 48.1 Å². The van der Waals surface area contributed by atoms with Gasteiger partial charge in [0.2, 0.25) is 5.91 Å². The highest BCUT2D eigenvalue weighted by molar-refractivity contribution is 5.82. The van der Waals surface area contributed by atoms with Crippen LogP contribution in [0.5, 0.6) is 11.5 Å². The summed E-state index contributed by atoms with van der Waals surface area (Å²) >= 11 is 0. The molecule has 0 spiro atoms. The van der Waals surface area contributed by atoms with Crippen LogP contribution in [0.1, 0.15) is 23.5 Å². The molecule has 2 aromatic rings. The first-order valence-corrected chi connectivity index (χ1v) is 8.26. The quantitative estimate of drug-likeness (QED) is 0.850. The van der Waals surface area contributed by atoms with Gasteiger partial charge < -0.3 is 14.8 Å². The maximum atomic E-state index is 12.3. The zero-order valence-corrected chi connectivity index (χ0v) is 14.1. The highest BCUT2D eigenvalue weighted by Crippen LogP contribution is 2.47. The summed E-state index contributed by atoms with van der Waals surface area (Å²) in [6.45, 7) is 0.598. The Hall–Kier alpha value is -2.49. The van der Waals surface area contributed by atoms with E-state index in [9.17, 15) is 4.79 Å². The van der Waals surface area contributed by atoms with Gasteiger partial charge in [0.25, 0.3) is 0 Å². The van der Waals surface area contributed by atoms with E-state index in [1.54, 1.807) is 14.2 Å². The van der Waals surface area contributed by atoms with E-state index in [-0.39, 0.29) is 11.8 Å². The van der Waals surface area contributed by atoms with Crippen LogP contribution in [0.25, 0.3) is 0 Å². The predicted molar refractivity (Wildman–Crippen MR) is 93.5 cm³/mol. The molecule has 0 saturated heterocycles. The van der Waals surface area contributed by atoms with Crippen molar-refractivity contribution in [2.24, 2.45) is 5.92 Å². The number of benzene rings is 2. The average molecular weight is 325 g/mol. The summed E-state index contributed by atoms with van der Waals surface area (Å²) in [4.78, 5) is 12.3. The fourth-order valence-corrected chi connectivity index (χ4v) is 3.08. The second kappa shape index (κ2) is 7.39. The summed E-state index contributed by atoms with van der Waals surface area (Å²) in [5.74, 6) is 2.24. The Morgan fingerprint density at radius 1 is 1.12 bits per heavy atom. The van der Waals surface area contributed by atoms with Crippen LogP contribution in [0.15, 0.2) is 48.5 Å². The monoisotopic (exact) mass is 325 g/mol. The number of ether oxygens (including phenoxy) is 2. The van der Waals surface area contributed by atoms with Crippen molar-refractivity contribution in [3.8, 4) is 11.5 Å². The molecule has 4 heteroatoms. The molecule has 2 aromatic carbocycles. The molecular weight excluding hydrogens is 302 g/mol. The van der Waals surface area contributed by atoms with Gasteiger partial charge in [0.1, 0.15) is 11.5 Å². The highest BCUT2D eigenvalue weighted by atomic mass is 16.5. The number of rotatable bonds is 7. The largest absolute Gasteiger partial charge is 0.497 e. The van der Waals surface area contributed by atoms with Gasteiger partial charge in [-0.3, -0.25) is 4.79 Å². The van der Waals surface area contributed by atoms with Crippen LogP contribution in [0.3, 0.4) is 0 Å². The second-order valence-corrected chi connectivity index (χ2v) is 6.08. The van der Waals surface area contributed by atoms with E-state index in [0.717, 1.165) is 29.9 Å². The number of carbonyl (C=O) groups is 1. The highest BCUT2D eigenvalue weighted by Gasteiger charge is 2.43. The number of amides is 1. The van der Waals surface area contributed by atoms with E-state index in [2.05, 4.69) is 17.4 Å². The van der Waals surface area contributed by atoms with E-state index < -0.39 is 0 Å². The molecule has 1 amide bonds. The van der Waals surface area contributed by atoms with Crippen LogP contribution < -0.4 is 14.8 Å². The third-order valence-corrected chi connectivity index (χ3v) is 4.54. The van der Waals surface area contributed by atoms with Gasteiger partial charge in [-0.1, -0.05) is 30.3 Å². The van der Waals surface area contributed by atoms with Crippen molar-refractivity contribution in [2.45, 2.75) is 18.8 Å². The number of nitrogens with one attached hydrogen (secondary N) is 1. The van der Waals surface area contributed by atoms with Crippen molar-refractivity contribution in [3.63, 3.8) is 0 Å². The third kappa shape index (κ3) is 3.70. The number of hydrogen-bond acceptors (Lipinski definition) is 3. The summed E-state index contributed by atoms with van der Waals surface area (Å²) in [5.41, 5.74) is 2.29. The van der Waals surface area contributed by atoms with Crippen molar-refractivity contribution < 1.29 is 14.3 Å². The fourth-order valence-electron chi connectivity index (χ4n) is 3.08. The summed E-state index contributed by atoms with van der Waals surface area (Å²) in [6, 6.07) is 16.0. The van der Waals surface area contributed by atoms with Gasteiger partial charge in [-0.2, -0.15) is 0 Å². The van der Waals surface area contributed by atoms with Gasteiger partial charge in [-0.15, -0.1) is 0 Å². The van der Waals surface area contributed by atoms with Gasteiger partial charge in [0.05, 0.1) is 14.2 Å². The van der Waals surface area contributed by atoms with E-state index in [4.69, 9.17) is 9.47 Å². The van der Waals surface area contributed by atoms with Crippen molar-refractivity contribution >= 4 is 5.91 Å². The molecule has 1 N–H and O–H groups in total. The maximum absolute atomic E-state index is 12.3. The topological polar surface area (TPSA) is 47.6 Å². The molecule has 24 heavy (non-hydrogen) atoms. The molecule has 3 rings (SSSR count). The predicted octanol–water partition coefficient (Wildman–Crippen LogP) is 3.17. The first-order chi connectivity index (χ1) is 11.7. The lowest BCUT2D eigenvalue weighted by Crippen LogP contribution is -2.27. The molecule has 0 aromatic heterocycles. The Kier molecular flexibility index (Phi) is 5.04. The Labute approximate surface area is 142 Å². The number of methoxy groups -OCH3 is 2. The smallest absolute Gasteiger partial charge is 0.223 e. The van der Waals surface area contributed by atoms with Crippen molar-refractivity contribution in [2.75, 3.05) is 20.8 Å². The first kappa shape index (κ1) is 16.4. The molecular formula is C20H23NO3. The van der Waals surface area contributed by atoms with Crippen LogP contribution in [0.4, 0.5) is 0 Å². The summed E-state index contributed by atoms with van der Waals surface area (Å²) in [5, 5.41) is 3.05. The lowest BCUT2D eigenvalue weighted by molar-refractivity contribution is -0.122. The van der Waals surface area contributed by atoms with Crippen molar-refractivity contribution in [3.05, 3.63) is 59.7 Å². The van der Waals surface area contributed by atoms with Gasteiger partial charge in [0.15, 0.2) is 0 Å². The first-order valence-electron chi connectivity index (χ1n) is 8.26. The Morgan fingerprint density at radius 3 is 2.62 bits per heavy atom. The molecule has 1 saturated carbocycles.